The smallest absolute Gasteiger partial charge is 0.358 e. The van der Waals surface area contributed by atoms with Crippen molar-refractivity contribution in [2.75, 3.05) is 31.2 Å². The highest BCUT2D eigenvalue weighted by atomic mass is 16.5. The number of fused-ring (bicyclic) bond motifs is 1. The first kappa shape index (κ1) is 10.9. The van der Waals surface area contributed by atoms with Crippen LogP contribution in [0.3, 0.4) is 0 Å². The summed E-state index contributed by atoms with van der Waals surface area (Å²) in [5.41, 5.74) is 0.0241. The topological polar surface area (TPSA) is 102 Å². The molecule has 0 aromatic carbocycles. The summed E-state index contributed by atoms with van der Waals surface area (Å²) >= 11 is 0. The number of hydrogen-bond acceptors (Lipinski definition) is 7. The molecule has 0 radical (unpaired) electrons. The molecule has 0 bridgehead atoms. The number of hydrogen-bond donors (Lipinski definition) is 1. The van der Waals surface area contributed by atoms with Gasteiger partial charge in [0.25, 0.3) is 5.71 Å². The minimum Gasteiger partial charge on any atom is -0.476 e. The number of carboxylic acid groups (broad SMARTS) is 1. The third-order valence-electron chi connectivity index (χ3n) is 2.77. The molecular weight excluding hydrogens is 240 g/mol. The average molecular weight is 250 g/mol. The fourth-order valence-corrected chi connectivity index (χ4v) is 1.93. The van der Waals surface area contributed by atoms with E-state index in [0.29, 0.717) is 37.5 Å². The van der Waals surface area contributed by atoms with Gasteiger partial charge in [-0.2, -0.15) is 4.98 Å². The van der Waals surface area contributed by atoms with Crippen LogP contribution < -0.4 is 4.90 Å². The second-order valence-electron chi connectivity index (χ2n) is 3.81. The van der Waals surface area contributed by atoms with Crippen molar-refractivity contribution >= 4 is 22.9 Å². The Hall–Kier alpha value is -2.22. The highest BCUT2D eigenvalue weighted by Crippen LogP contribution is 2.26. The van der Waals surface area contributed by atoms with Crippen molar-refractivity contribution in [3.63, 3.8) is 0 Å². The van der Waals surface area contributed by atoms with Crippen LogP contribution >= 0.6 is 0 Å². The summed E-state index contributed by atoms with van der Waals surface area (Å²) in [6, 6.07) is 0. The van der Waals surface area contributed by atoms with Crippen molar-refractivity contribution in [1.82, 2.24) is 15.1 Å². The van der Waals surface area contributed by atoms with E-state index >= 15 is 0 Å². The molecule has 0 aliphatic carbocycles. The van der Waals surface area contributed by atoms with Crippen LogP contribution in [0.15, 0.2) is 10.9 Å². The molecule has 2 aromatic heterocycles. The fourth-order valence-electron chi connectivity index (χ4n) is 1.93. The third-order valence-corrected chi connectivity index (χ3v) is 2.77. The number of rotatable bonds is 2. The Morgan fingerprint density at radius 2 is 2.11 bits per heavy atom. The van der Waals surface area contributed by atoms with Crippen molar-refractivity contribution in [3.05, 3.63) is 12.0 Å². The van der Waals surface area contributed by atoms with Gasteiger partial charge in [-0.25, -0.2) is 9.78 Å². The molecule has 1 aliphatic rings. The van der Waals surface area contributed by atoms with Crippen LogP contribution in [-0.2, 0) is 4.74 Å². The number of anilines is 1. The van der Waals surface area contributed by atoms with E-state index < -0.39 is 5.97 Å². The molecule has 1 N–H and O–H groups in total. The van der Waals surface area contributed by atoms with Crippen LogP contribution in [0.25, 0.3) is 11.1 Å². The van der Waals surface area contributed by atoms with Crippen LogP contribution in [0.2, 0.25) is 0 Å². The lowest BCUT2D eigenvalue weighted by molar-refractivity contribution is 0.0688. The second kappa shape index (κ2) is 4.22. The van der Waals surface area contributed by atoms with Crippen molar-refractivity contribution in [1.29, 1.82) is 0 Å². The number of aromatic nitrogens is 3. The number of nitrogens with zero attached hydrogens (tertiary/aromatic N) is 4. The third kappa shape index (κ3) is 1.66. The summed E-state index contributed by atoms with van der Waals surface area (Å²) in [6.45, 7) is 2.46. The van der Waals surface area contributed by atoms with Gasteiger partial charge in [0, 0.05) is 13.1 Å². The number of carbonyl (C=O) groups is 1. The first-order valence-electron chi connectivity index (χ1n) is 5.44. The molecule has 0 atom stereocenters. The molecule has 0 spiro atoms. The monoisotopic (exact) mass is 250 g/mol. The first-order chi connectivity index (χ1) is 8.77. The van der Waals surface area contributed by atoms with Gasteiger partial charge in [-0.05, 0) is 0 Å². The van der Waals surface area contributed by atoms with E-state index in [4.69, 9.17) is 14.4 Å². The Balaban J connectivity index is 2.15. The highest BCUT2D eigenvalue weighted by Gasteiger charge is 2.24. The molecule has 1 fully saturated rings. The van der Waals surface area contributed by atoms with Crippen molar-refractivity contribution in [3.8, 4) is 0 Å². The van der Waals surface area contributed by atoms with Gasteiger partial charge in [-0.1, -0.05) is 5.16 Å². The lowest BCUT2D eigenvalue weighted by Gasteiger charge is -2.27. The number of ether oxygens (including phenoxy) is 1. The standard InChI is InChI=1S/C10H10N4O4/c15-10(16)7-6-8(14-1-3-17-4-2-14)11-5-12-9(6)18-13-7/h5H,1-4H2,(H,15,16). The van der Waals surface area contributed by atoms with Crippen LogP contribution in [0.1, 0.15) is 10.5 Å². The van der Waals surface area contributed by atoms with Crippen LogP contribution in [0.4, 0.5) is 5.82 Å². The van der Waals surface area contributed by atoms with Gasteiger partial charge in [0.05, 0.1) is 13.2 Å². The maximum Gasteiger partial charge on any atom is 0.358 e. The molecule has 3 rings (SSSR count). The number of morpholine rings is 1. The van der Waals surface area contributed by atoms with Crippen LogP contribution in [-0.4, -0.2) is 52.5 Å². The summed E-state index contributed by atoms with van der Waals surface area (Å²) in [4.78, 5) is 21.1. The predicted octanol–water partition coefficient (Wildman–Crippen LogP) is 0.153. The molecule has 2 aromatic rings. The van der Waals surface area contributed by atoms with Crippen LogP contribution in [0, 0.1) is 0 Å². The molecule has 1 saturated heterocycles. The molecule has 1 aliphatic heterocycles. The lowest BCUT2D eigenvalue weighted by atomic mass is 10.2. The Kier molecular flexibility index (Phi) is 2.56. The summed E-state index contributed by atoms with van der Waals surface area (Å²) in [5.74, 6) is -0.625. The fraction of sp³-hybridized carbons (Fsp3) is 0.400. The molecule has 8 nitrogen and oxygen atoms in total. The van der Waals surface area contributed by atoms with E-state index in [1.807, 2.05) is 4.90 Å². The molecule has 0 amide bonds. The van der Waals surface area contributed by atoms with Gasteiger partial charge in [0.15, 0.2) is 0 Å². The molecule has 94 valence electrons. The van der Waals surface area contributed by atoms with Crippen molar-refractivity contribution in [2.24, 2.45) is 0 Å². The van der Waals surface area contributed by atoms with E-state index in [1.54, 1.807) is 0 Å². The quantitative estimate of drug-likeness (QED) is 0.803. The van der Waals surface area contributed by atoms with Gasteiger partial charge in [-0.15, -0.1) is 0 Å². The Labute approximate surface area is 101 Å². The van der Waals surface area contributed by atoms with E-state index in [0.717, 1.165) is 0 Å². The van der Waals surface area contributed by atoms with Crippen LogP contribution in [0.5, 0.6) is 0 Å². The minimum atomic E-state index is -1.15. The summed E-state index contributed by atoms with van der Waals surface area (Å²) in [6.07, 6.45) is 1.34. The van der Waals surface area contributed by atoms with Crippen molar-refractivity contribution in [2.45, 2.75) is 0 Å². The summed E-state index contributed by atoms with van der Waals surface area (Å²) < 4.78 is 10.2. The average Bonchev–Trinajstić information content (AvgIpc) is 2.83. The van der Waals surface area contributed by atoms with E-state index in [1.165, 1.54) is 6.33 Å². The Bertz CT molecular complexity index is 591. The second-order valence-corrected chi connectivity index (χ2v) is 3.81. The van der Waals surface area contributed by atoms with Gasteiger partial charge in [-0.3, -0.25) is 0 Å². The molecule has 8 heteroatoms. The first-order valence-corrected chi connectivity index (χ1v) is 5.44. The van der Waals surface area contributed by atoms with Gasteiger partial charge >= 0.3 is 5.97 Å². The lowest BCUT2D eigenvalue weighted by Crippen LogP contribution is -2.37. The van der Waals surface area contributed by atoms with E-state index in [9.17, 15) is 4.79 Å². The number of carboxylic acids is 1. The van der Waals surface area contributed by atoms with Crippen molar-refractivity contribution < 1.29 is 19.2 Å². The molecule has 3 heterocycles. The van der Waals surface area contributed by atoms with Gasteiger partial charge in [0.2, 0.25) is 5.69 Å². The molecule has 0 saturated carbocycles. The molecule has 18 heavy (non-hydrogen) atoms. The SMILES string of the molecule is O=C(O)c1noc2ncnc(N3CCOCC3)c12. The Morgan fingerprint density at radius 3 is 2.83 bits per heavy atom. The molecular formula is C10H10N4O4. The zero-order valence-electron chi connectivity index (χ0n) is 9.37. The van der Waals surface area contributed by atoms with Gasteiger partial charge < -0.3 is 19.3 Å². The Morgan fingerprint density at radius 1 is 1.33 bits per heavy atom. The zero-order chi connectivity index (χ0) is 12.5. The maximum absolute atomic E-state index is 11.1. The normalized spacial score (nSPS) is 16.1. The largest absolute Gasteiger partial charge is 0.476 e. The minimum absolute atomic E-state index is 0.160. The summed E-state index contributed by atoms with van der Waals surface area (Å²) in [7, 11) is 0. The van der Waals surface area contributed by atoms with E-state index in [-0.39, 0.29) is 11.4 Å². The summed E-state index contributed by atoms with van der Waals surface area (Å²) in [5, 5.41) is 12.9. The van der Waals surface area contributed by atoms with E-state index in [2.05, 4.69) is 15.1 Å². The zero-order valence-corrected chi connectivity index (χ0v) is 9.37. The van der Waals surface area contributed by atoms with Gasteiger partial charge in [0.1, 0.15) is 17.5 Å². The predicted molar refractivity (Wildman–Crippen MR) is 59.6 cm³/mol. The number of aromatic carboxylic acids is 1. The highest BCUT2D eigenvalue weighted by molar-refractivity contribution is 6.03. The maximum atomic E-state index is 11.1. The molecule has 0 unspecified atom stereocenters.